The molecule has 0 saturated heterocycles. The van der Waals surface area contributed by atoms with Crippen LogP contribution < -0.4 is 10.6 Å². The zero-order valence-corrected chi connectivity index (χ0v) is 12.6. The van der Waals surface area contributed by atoms with E-state index in [4.69, 9.17) is 0 Å². The zero-order valence-electron chi connectivity index (χ0n) is 12.6. The summed E-state index contributed by atoms with van der Waals surface area (Å²) in [5.41, 5.74) is 1.18. The molecule has 0 fully saturated rings. The normalized spacial score (nSPS) is 10.7. The second kappa shape index (κ2) is 7.65. The van der Waals surface area contributed by atoms with Gasteiger partial charge in [-0.1, -0.05) is 6.07 Å². The van der Waals surface area contributed by atoms with Crippen molar-refractivity contribution in [3.63, 3.8) is 0 Å². The molecule has 0 aromatic heterocycles. The largest absolute Gasteiger partial charge is 0.352 e. The summed E-state index contributed by atoms with van der Waals surface area (Å²) in [4.78, 5) is 25.5. The third-order valence-corrected chi connectivity index (χ3v) is 3.02. The van der Waals surface area contributed by atoms with Crippen LogP contribution in [0.25, 0.3) is 0 Å². The fourth-order valence-corrected chi connectivity index (χ4v) is 1.61. The summed E-state index contributed by atoms with van der Waals surface area (Å²) in [7, 11) is 1.90. The molecule has 0 aliphatic carbocycles. The van der Waals surface area contributed by atoms with Crippen molar-refractivity contribution in [2.24, 2.45) is 0 Å². The van der Waals surface area contributed by atoms with Crippen molar-refractivity contribution >= 4 is 17.5 Å². The first kappa shape index (κ1) is 16.2. The van der Waals surface area contributed by atoms with Gasteiger partial charge in [-0.25, -0.2) is 0 Å². The van der Waals surface area contributed by atoms with E-state index >= 15 is 0 Å². The Morgan fingerprint density at radius 2 is 2.00 bits per heavy atom. The van der Waals surface area contributed by atoms with Crippen LogP contribution >= 0.6 is 0 Å². The van der Waals surface area contributed by atoms with E-state index in [0.717, 1.165) is 0 Å². The molecule has 1 aromatic rings. The standard InChI is InChI=1S/C15H23N3O2/c1-5-16-15(20)12-7-6-8-13(9-12)17-14(19)10-18(4)11(2)3/h6-9,11H,5,10H2,1-4H3,(H,16,20)(H,17,19). The number of anilines is 1. The molecule has 0 spiro atoms. The van der Waals surface area contributed by atoms with Crippen LogP contribution in [0, 0.1) is 0 Å². The van der Waals surface area contributed by atoms with Crippen LogP contribution in [-0.2, 0) is 4.79 Å². The molecule has 0 radical (unpaired) electrons. The molecular weight excluding hydrogens is 254 g/mol. The van der Waals surface area contributed by atoms with E-state index in [2.05, 4.69) is 10.6 Å². The van der Waals surface area contributed by atoms with Crippen LogP contribution in [0.2, 0.25) is 0 Å². The van der Waals surface area contributed by atoms with Gasteiger partial charge in [0.1, 0.15) is 0 Å². The molecule has 110 valence electrons. The number of likely N-dealkylation sites (N-methyl/N-ethyl adjacent to an activating group) is 1. The highest BCUT2D eigenvalue weighted by Gasteiger charge is 2.10. The van der Waals surface area contributed by atoms with Gasteiger partial charge < -0.3 is 10.6 Å². The van der Waals surface area contributed by atoms with Gasteiger partial charge in [0, 0.05) is 23.8 Å². The summed E-state index contributed by atoms with van der Waals surface area (Å²) in [5, 5.41) is 5.53. The molecular formula is C15H23N3O2. The SMILES string of the molecule is CCNC(=O)c1cccc(NC(=O)CN(C)C(C)C)c1. The van der Waals surface area contributed by atoms with Gasteiger partial charge in [0.15, 0.2) is 0 Å². The van der Waals surface area contributed by atoms with Gasteiger partial charge in [-0.05, 0) is 46.0 Å². The maximum Gasteiger partial charge on any atom is 0.251 e. The second-order valence-electron chi connectivity index (χ2n) is 5.00. The summed E-state index contributed by atoms with van der Waals surface area (Å²) in [6.07, 6.45) is 0. The lowest BCUT2D eigenvalue weighted by Crippen LogP contribution is -2.34. The average molecular weight is 277 g/mol. The first-order valence-electron chi connectivity index (χ1n) is 6.82. The molecule has 2 amide bonds. The fourth-order valence-electron chi connectivity index (χ4n) is 1.61. The smallest absolute Gasteiger partial charge is 0.251 e. The summed E-state index contributed by atoms with van der Waals surface area (Å²) in [5.74, 6) is -0.225. The van der Waals surface area contributed by atoms with E-state index in [-0.39, 0.29) is 11.8 Å². The van der Waals surface area contributed by atoms with Gasteiger partial charge in [0.25, 0.3) is 5.91 Å². The number of nitrogens with one attached hydrogen (secondary N) is 2. The Labute approximate surface area is 120 Å². The van der Waals surface area contributed by atoms with Crippen molar-refractivity contribution in [3.8, 4) is 0 Å². The van der Waals surface area contributed by atoms with Crippen LogP contribution in [-0.4, -0.2) is 42.9 Å². The van der Waals surface area contributed by atoms with Gasteiger partial charge in [-0.3, -0.25) is 14.5 Å². The predicted octanol–water partition coefficient (Wildman–Crippen LogP) is 1.72. The third kappa shape index (κ3) is 5.01. The molecule has 1 aromatic carbocycles. The molecule has 20 heavy (non-hydrogen) atoms. The van der Waals surface area contributed by atoms with E-state index in [1.165, 1.54) is 0 Å². The topological polar surface area (TPSA) is 61.4 Å². The van der Waals surface area contributed by atoms with Crippen LogP contribution in [0.15, 0.2) is 24.3 Å². The van der Waals surface area contributed by atoms with Gasteiger partial charge in [-0.2, -0.15) is 0 Å². The minimum absolute atomic E-state index is 0.0887. The molecule has 0 heterocycles. The Balaban J connectivity index is 2.66. The Hall–Kier alpha value is -1.88. The van der Waals surface area contributed by atoms with Gasteiger partial charge in [0.05, 0.1) is 6.54 Å². The first-order chi connectivity index (χ1) is 9.43. The lowest BCUT2D eigenvalue weighted by Gasteiger charge is -2.20. The lowest BCUT2D eigenvalue weighted by molar-refractivity contribution is -0.117. The molecule has 2 N–H and O–H groups in total. The van der Waals surface area contributed by atoms with E-state index in [1.807, 2.05) is 32.7 Å². The van der Waals surface area contributed by atoms with Crippen molar-refractivity contribution in [3.05, 3.63) is 29.8 Å². The number of benzene rings is 1. The van der Waals surface area contributed by atoms with Gasteiger partial charge in [0.2, 0.25) is 5.91 Å². The molecule has 5 nitrogen and oxygen atoms in total. The van der Waals surface area contributed by atoms with Crippen LogP contribution in [0.5, 0.6) is 0 Å². The maximum atomic E-state index is 11.9. The van der Waals surface area contributed by atoms with Crippen LogP contribution in [0.4, 0.5) is 5.69 Å². The number of amides is 2. The quantitative estimate of drug-likeness (QED) is 0.832. The summed E-state index contributed by atoms with van der Waals surface area (Å²) >= 11 is 0. The van der Waals surface area contributed by atoms with Crippen molar-refractivity contribution < 1.29 is 9.59 Å². The van der Waals surface area contributed by atoms with Crippen molar-refractivity contribution in [1.82, 2.24) is 10.2 Å². The monoisotopic (exact) mass is 277 g/mol. The summed E-state index contributed by atoms with van der Waals surface area (Å²) in [6.45, 7) is 6.83. The highest BCUT2D eigenvalue weighted by molar-refractivity contribution is 5.97. The summed E-state index contributed by atoms with van der Waals surface area (Å²) < 4.78 is 0. The van der Waals surface area contributed by atoms with Crippen molar-refractivity contribution in [1.29, 1.82) is 0 Å². The molecule has 0 saturated carbocycles. The fraction of sp³-hybridized carbons (Fsp3) is 0.467. The number of carbonyl (C=O) groups excluding carboxylic acids is 2. The molecule has 0 bridgehead atoms. The van der Waals surface area contributed by atoms with Gasteiger partial charge in [-0.15, -0.1) is 0 Å². The minimum Gasteiger partial charge on any atom is -0.352 e. The number of hydrogen-bond donors (Lipinski definition) is 2. The van der Waals surface area contributed by atoms with E-state index in [1.54, 1.807) is 24.3 Å². The molecule has 1 rings (SSSR count). The van der Waals surface area contributed by atoms with Crippen molar-refractivity contribution in [2.45, 2.75) is 26.8 Å². The molecule has 0 atom stereocenters. The average Bonchev–Trinajstić information content (AvgIpc) is 2.39. The number of hydrogen-bond acceptors (Lipinski definition) is 3. The highest BCUT2D eigenvalue weighted by Crippen LogP contribution is 2.10. The van der Waals surface area contributed by atoms with Crippen molar-refractivity contribution in [2.75, 3.05) is 25.5 Å². The highest BCUT2D eigenvalue weighted by atomic mass is 16.2. The van der Waals surface area contributed by atoms with E-state index < -0.39 is 0 Å². The first-order valence-corrected chi connectivity index (χ1v) is 6.82. The zero-order chi connectivity index (χ0) is 15.1. The Morgan fingerprint density at radius 1 is 1.30 bits per heavy atom. The summed E-state index contributed by atoms with van der Waals surface area (Å²) in [6, 6.07) is 7.24. The Bertz CT molecular complexity index is 472. The van der Waals surface area contributed by atoms with Crippen LogP contribution in [0.1, 0.15) is 31.1 Å². The molecule has 5 heteroatoms. The lowest BCUT2D eigenvalue weighted by atomic mass is 10.2. The minimum atomic E-state index is -0.136. The number of nitrogens with zero attached hydrogens (tertiary/aromatic N) is 1. The maximum absolute atomic E-state index is 11.9. The molecule has 0 unspecified atom stereocenters. The second-order valence-corrected chi connectivity index (χ2v) is 5.00. The van der Waals surface area contributed by atoms with E-state index in [9.17, 15) is 9.59 Å². The Morgan fingerprint density at radius 3 is 2.60 bits per heavy atom. The van der Waals surface area contributed by atoms with Gasteiger partial charge >= 0.3 is 0 Å². The van der Waals surface area contributed by atoms with Crippen LogP contribution in [0.3, 0.4) is 0 Å². The molecule has 0 aliphatic rings. The predicted molar refractivity (Wildman–Crippen MR) is 80.8 cm³/mol. The number of rotatable bonds is 6. The van der Waals surface area contributed by atoms with E-state index in [0.29, 0.717) is 30.4 Å². The third-order valence-electron chi connectivity index (χ3n) is 3.02. The molecule has 0 aliphatic heterocycles. The Kier molecular flexibility index (Phi) is 6.18. The number of carbonyl (C=O) groups is 2.